The van der Waals surface area contributed by atoms with Crippen molar-refractivity contribution < 1.29 is 9.36 Å². The summed E-state index contributed by atoms with van der Waals surface area (Å²) < 4.78 is 9.30. The van der Waals surface area contributed by atoms with Gasteiger partial charge in [-0.15, -0.1) is 0 Å². The third kappa shape index (κ3) is 3.97. The van der Waals surface area contributed by atoms with Gasteiger partial charge in [0.2, 0.25) is 0 Å². The van der Waals surface area contributed by atoms with Crippen molar-refractivity contribution >= 4 is 24.8 Å². The van der Waals surface area contributed by atoms with Gasteiger partial charge in [0, 0.05) is 0 Å². The molecule has 4 heteroatoms. The Bertz CT molecular complexity index is 144. The zero-order valence-electron chi connectivity index (χ0n) is 2.64. The molecular weight excluding hydrogens is 122 g/mol. The molecule has 0 radical (unpaired) electrons. The van der Waals surface area contributed by atoms with Gasteiger partial charge in [-0.3, -0.25) is 0 Å². The molecule has 0 spiro atoms. The Morgan fingerprint density at radius 2 is 2.33 bits per heavy atom. The first-order valence-corrected chi connectivity index (χ1v) is 2.24. The summed E-state index contributed by atoms with van der Waals surface area (Å²) in [4.78, 5) is 9.49. The third-order valence-corrected chi connectivity index (χ3v) is 0.654. The van der Waals surface area contributed by atoms with E-state index < -0.39 is 13.2 Å². The van der Waals surface area contributed by atoms with Gasteiger partial charge in [-0.05, 0) is 0 Å². The van der Waals surface area contributed by atoms with Crippen LogP contribution in [0.25, 0.3) is 0 Å². The fourth-order valence-corrected chi connectivity index (χ4v) is 0.211. The van der Waals surface area contributed by atoms with Crippen molar-refractivity contribution in [2.75, 3.05) is 0 Å². The Labute approximate surface area is 40.6 Å². The van der Waals surface area contributed by atoms with Crippen LogP contribution in [-0.2, 0) is 9.36 Å². The second kappa shape index (κ2) is 3.17. The second-order valence-electron chi connectivity index (χ2n) is 0.477. The van der Waals surface area contributed by atoms with Crippen molar-refractivity contribution in [3.63, 3.8) is 0 Å². The minimum absolute atomic E-state index is 0.458. The van der Waals surface area contributed by atoms with E-state index in [0.717, 1.165) is 0 Å². The third-order valence-electron chi connectivity index (χ3n) is 0.134. The van der Waals surface area contributed by atoms with Crippen molar-refractivity contribution in [3.8, 4) is 5.63 Å². The molecule has 6 heavy (non-hydrogen) atoms. The molecule has 0 aromatic rings. The van der Waals surface area contributed by atoms with Crippen LogP contribution in [0.1, 0.15) is 0 Å². The van der Waals surface area contributed by atoms with Gasteiger partial charge in [0.1, 0.15) is 0 Å². The molecule has 2 nitrogen and oxygen atoms in total. The molecule has 0 rings (SSSR count). The van der Waals surface area contributed by atoms with Crippen LogP contribution in [0.3, 0.4) is 0 Å². The van der Waals surface area contributed by atoms with E-state index in [-0.39, 0.29) is 0 Å². The molecule has 0 aliphatic carbocycles. The van der Waals surface area contributed by atoms with E-state index in [1.807, 2.05) is 0 Å². The summed E-state index contributed by atoms with van der Waals surface area (Å²) in [5.74, 6) is 0. The molecule has 32 valence electrons. The Balaban J connectivity index is 3.84. The van der Waals surface area contributed by atoms with Gasteiger partial charge < -0.3 is 0 Å². The Kier molecular flexibility index (Phi) is 3.16. The van der Waals surface area contributed by atoms with Gasteiger partial charge in [-0.1, -0.05) is 0 Å². The Morgan fingerprint density at radius 3 is 2.33 bits per heavy atom. The molecular formula is C2ClO2P. The molecule has 0 heterocycles. The molecule has 0 amide bonds. The van der Waals surface area contributed by atoms with Gasteiger partial charge in [0.25, 0.3) is 0 Å². The number of carbonyl (C=O) groups excluding carboxylic acids is 1. The average molecular weight is 122 g/mol. The van der Waals surface area contributed by atoms with Gasteiger partial charge in [-0.2, -0.15) is 0 Å². The molecule has 0 N–H and O–H groups in total. The Morgan fingerprint density at radius 1 is 1.83 bits per heavy atom. The summed E-state index contributed by atoms with van der Waals surface area (Å²) in [5.41, 5.74) is 1.75. The van der Waals surface area contributed by atoms with Crippen LogP contribution in [-0.4, -0.2) is 5.24 Å². The maximum atomic E-state index is 9.49. The zero-order chi connectivity index (χ0) is 4.99. The van der Waals surface area contributed by atoms with Crippen LogP contribution < -0.4 is 0 Å². The quantitative estimate of drug-likeness (QED) is 0.355. The molecule has 0 aromatic carbocycles. The van der Waals surface area contributed by atoms with Crippen LogP contribution in [0, 0.1) is 5.63 Å². The van der Waals surface area contributed by atoms with E-state index in [0.29, 0.717) is 0 Å². The van der Waals surface area contributed by atoms with Gasteiger partial charge in [-0.25, -0.2) is 0 Å². The minimum atomic E-state index is -0.813. The van der Waals surface area contributed by atoms with Crippen LogP contribution in [0.4, 0.5) is 0 Å². The fraction of sp³-hybridized carbons (Fsp3) is 0. The second-order valence-corrected chi connectivity index (χ2v) is 1.23. The number of rotatable bonds is 0. The van der Waals surface area contributed by atoms with Crippen molar-refractivity contribution in [2.45, 2.75) is 0 Å². The van der Waals surface area contributed by atoms with Gasteiger partial charge in [0.05, 0.1) is 0 Å². The summed E-state index contributed by atoms with van der Waals surface area (Å²) in [5, 5.41) is -0.813. The number of halogens is 1. The zero-order valence-corrected chi connectivity index (χ0v) is 4.29. The molecule has 0 aliphatic heterocycles. The van der Waals surface area contributed by atoms with Crippen LogP contribution in [0.15, 0.2) is 0 Å². The first-order chi connectivity index (χ1) is 2.77. The van der Waals surface area contributed by atoms with E-state index in [9.17, 15) is 9.36 Å². The fourth-order valence-electron chi connectivity index (χ4n) is 0.0359. The molecule has 0 aromatic heterocycles. The SMILES string of the molecule is O=P#CC(=O)Cl. The summed E-state index contributed by atoms with van der Waals surface area (Å²) in [6.45, 7) is 0. The van der Waals surface area contributed by atoms with E-state index in [2.05, 4.69) is 11.6 Å². The van der Waals surface area contributed by atoms with Crippen molar-refractivity contribution in [1.82, 2.24) is 0 Å². The average Bonchev–Trinajstić information content (AvgIpc) is 1.35. The van der Waals surface area contributed by atoms with E-state index >= 15 is 0 Å². The van der Waals surface area contributed by atoms with Crippen LogP contribution in [0.5, 0.6) is 0 Å². The molecule has 0 atom stereocenters. The van der Waals surface area contributed by atoms with Crippen molar-refractivity contribution in [3.05, 3.63) is 0 Å². The summed E-state index contributed by atoms with van der Waals surface area (Å²) >= 11 is 4.62. The standard InChI is InChI=1S/C2ClO2P/c3-2(4)1-6-5. The van der Waals surface area contributed by atoms with E-state index in [1.54, 1.807) is 5.63 Å². The topological polar surface area (TPSA) is 34.1 Å². The van der Waals surface area contributed by atoms with E-state index in [4.69, 9.17) is 0 Å². The van der Waals surface area contributed by atoms with Gasteiger partial charge in [0.15, 0.2) is 0 Å². The first kappa shape index (κ1) is 5.97. The first-order valence-electron chi connectivity index (χ1n) is 1.05. The van der Waals surface area contributed by atoms with Crippen LogP contribution in [0.2, 0.25) is 0 Å². The van der Waals surface area contributed by atoms with Crippen molar-refractivity contribution in [2.24, 2.45) is 0 Å². The number of hydrogen-bond donors (Lipinski definition) is 0. The summed E-state index contributed by atoms with van der Waals surface area (Å²) in [6, 6.07) is 0. The monoisotopic (exact) mass is 122 g/mol. The predicted molar refractivity (Wildman–Crippen MR) is 22.4 cm³/mol. The predicted octanol–water partition coefficient (Wildman–Crippen LogP) is 1.00. The maximum absolute atomic E-state index is 9.49. The molecule has 0 bridgehead atoms. The molecule has 0 saturated heterocycles. The molecule has 0 unspecified atom stereocenters. The normalized spacial score (nSPS) is 6.17. The van der Waals surface area contributed by atoms with Crippen LogP contribution >= 0.6 is 19.5 Å². The molecule has 0 saturated carbocycles. The summed E-state index contributed by atoms with van der Waals surface area (Å²) in [6.07, 6.45) is 0. The van der Waals surface area contributed by atoms with E-state index in [1.165, 1.54) is 0 Å². The molecule has 0 aliphatic rings. The Hall–Kier alpha value is -0.0300. The van der Waals surface area contributed by atoms with Gasteiger partial charge >= 0.3 is 39.7 Å². The molecule has 0 fully saturated rings. The summed E-state index contributed by atoms with van der Waals surface area (Å²) in [7, 11) is -0.458. The number of hydrogen-bond acceptors (Lipinski definition) is 2. The van der Waals surface area contributed by atoms with Crippen molar-refractivity contribution in [1.29, 1.82) is 0 Å². The number of carbonyl (C=O) groups is 1.